The van der Waals surface area contributed by atoms with Gasteiger partial charge in [0.2, 0.25) is 0 Å². The number of benzene rings is 1. The Labute approximate surface area is 137 Å². The maximum atomic E-state index is 13.4. The zero-order chi connectivity index (χ0) is 17.0. The first-order valence-electron chi connectivity index (χ1n) is 7.08. The topological polar surface area (TPSA) is 30.2 Å². The quantitative estimate of drug-likeness (QED) is 0.729. The van der Waals surface area contributed by atoms with Gasteiger partial charge in [0, 0.05) is 6.42 Å². The summed E-state index contributed by atoms with van der Waals surface area (Å²) in [4.78, 5) is 12.0. The lowest BCUT2D eigenvalue weighted by molar-refractivity contribution is -0.154. The molecule has 124 valence electrons. The van der Waals surface area contributed by atoms with Crippen molar-refractivity contribution in [2.75, 3.05) is 0 Å². The number of rotatable bonds is 5. The minimum absolute atomic E-state index is 0.141. The van der Waals surface area contributed by atoms with E-state index in [1.165, 1.54) is 18.4 Å². The van der Waals surface area contributed by atoms with E-state index in [1.54, 1.807) is 26.0 Å². The van der Waals surface area contributed by atoms with Crippen LogP contribution in [0.4, 0.5) is 13.2 Å². The Balaban J connectivity index is 2.11. The maximum Gasteiger partial charge on any atom is 0.396 e. The van der Waals surface area contributed by atoms with Crippen LogP contribution in [-0.2, 0) is 10.5 Å². The standard InChI is InChI=1S/C17H17F3O2S/c1-11-6-12(2)8-13(7-11)15(17(18,19)20)9-16(21)23-10-14-4-3-5-22-14/h3-8,15H,9-10H2,1-2H3/t15-/m0/s1. The van der Waals surface area contributed by atoms with Crippen LogP contribution in [-0.4, -0.2) is 11.3 Å². The van der Waals surface area contributed by atoms with Crippen LogP contribution in [0.1, 0.15) is 34.8 Å². The number of hydrogen-bond acceptors (Lipinski definition) is 3. The normalized spacial score (nSPS) is 13.1. The van der Waals surface area contributed by atoms with Crippen LogP contribution in [0.25, 0.3) is 0 Å². The Bertz CT molecular complexity index is 643. The summed E-state index contributed by atoms with van der Waals surface area (Å²) in [6.45, 7) is 3.49. The number of carbonyl (C=O) groups is 1. The number of hydrogen-bond donors (Lipinski definition) is 0. The Kier molecular flexibility index (Phi) is 5.57. The molecule has 1 aromatic heterocycles. The zero-order valence-corrected chi connectivity index (χ0v) is 13.6. The molecule has 2 aromatic rings. The number of carbonyl (C=O) groups excluding carboxylic acids is 1. The van der Waals surface area contributed by atoms with Crippen molar-refractivity contribution < 1.29 is 22.4 Å². The number of halogens is 3. The Morgan fingerprint density at radius 1 is 1.22 bits per heavy atom. The lowest BCUT2D eigenvalue weighted by Crippen LogP contribution is -2.23. The van der Waals surface area contributed by atoms with Crippen LogP contribution in [0.15, 0.2) is 41.0 Å². The van der Waals surface area contributed by atoms with Gasteiger partial charge >= 0.3 is 6.18 Å². The lowest BCUT2D eigenvalue weighted by atomic mass is 9.93. The van der Waals surface area contributed by atoms with Gasteiger partial charge in [0.05, 0.1) is 17.9 Å². The molecule has 23 heavy (non-hydrogen) atoms. The molecular formula is C17H17F3O2S. The SMILES string of the molecule is Cc1cc(C)cc([C@H](CC(=O)SCc2ccco2)C(F)(F)F)c1. The number of thioether (sulfide) groups is 1. The summed E-state index contributed by atoms with van der Waals surface area (Å²) in [5.74, 6) is -0.973. The Hall–Kier alpha value is -1.69. The van der Waals surface area contributed by atoms with E-state index in [2.05, 4.69) is 0 Å². The molecule has 0 spiro atoms. The van der Waals surface area contributed by atoms with E-state index >= 15 is 0 Å². The summed E-state index contributed by atoms with van der Waals surface area (Å²) in [5.41, 5.74) is 1.65. The average molecular weight is 342 g/mol. The van der Waals surface area contributed by atoms with E-state index in [0.717, 1.165) is 22.9 Å². The summed E-state index contributed by atoms with van der Waals surface area (Å²) in [6.07, 6.45) is -3.56. The van der Waals surface area contributed by atoms with Crippen LogP contribution in [0, 0.1) is 13.8 Å². The smallest absolute Gasteiger partial charge is 0.396 e. The predicted octanol–water partition coefficient (Wildman–Crippen LogP) is 5.39. The van der Waals surface area contributed by atoms with Crippen molar-refractivity contribution in [2.24, 2.45) is 0 Å². The molecule has 0 amide bonds. The molecule has 0 radical (unpaired) electrons. The first-order chi connectivity index (χ1) is 10.8. The molecule has 0 aliphatic rings. The van der Waals surface area contributed by atoms with Crippen molar-refractivity contribution in [3.63, 3.8) is 0 Å². The van der Waals surface area contributed by atoms with E-state index in [1.807, 2.05) is 6.07 Å². The highest BCUT2D eigenvalue weighted by molar-refractivity contribution is 8.12. The van der Waals surface area contributed by atoms with Gasteiger partial charge in [-0.2, -0.15) is 13.2 Å². The molecule has 1 aromatic carbocycles. The van der Waals surface area contributed by atoms with Gasteiger partial charge in [-0.05, 0) is 31.5 Å². The Morgan fingerprint density at radius 2 is 1.87 bits per heavy atom. The third-order valence-electron chi connectivity index (χ3n) is 3.37. The number of furan rings is 1. The number of alkyl halides is 3. The molecule has 2 nitrogen and oxygen atoms in total. The van der Waals surface area contributed by atoms with Gasteiger partial charge in [0.1, 0.15) is 5.76 Å². The van der Waals surface area contributed by atoms with Gasteiger partial charge in [-0.3, -0.25) is 4.79 Å². The van der Waals surface area contributed by atoms with E-state index in [4.69, 9.17) is 4.42 Å². The van der Waals surface area contributed by atoms with Crippen LogP contribution in [0.2, 0.25) is 0 Å². The second-order valence-corrected chi connectivity index (χ2v) is 6.49. The molecule has 6 heteroatoms. The maximum absolute atomic E-state index is 13.4. The van der Waals surface area contributed by atoms with E-state index < -0.39 is 23.6 Å². The summed E-state index contributed by atoms with van der Waals surface area (Å²) < 4.78 is 45.2. The molecule has 0 aliphatic heterocycles. The first kappa shape index (κ1) is 17.7. The Morgan fingerprint density at radius 3 is 2.39 bits per heavy atom. The average Bonchev–Trinajstić information content (AvgIpc) is 2.93. The van der Waals surface area contributed by atoms with E-state index in [-0.39, 0.29) is 11.3 Å². The third kappa shape index (κ3) is 5.16. The van der Waals surface area contributed by atoms with Crippen molar-refractivity contribution in [1.29, 1.82) is 0 Å². The van der Waals surface area contributed by atoms with E-state index in [9.17, 15) is 18.0 Å². The van der Waals surface area contributed by atoms with Gasteiger partial charge in [0.25, 0.3) is 0 Å². The fourth-order valence-corrected chi connectivity index (χ4v) is 3.16. The second kappa shape index (κ2) is 7.25. The highest BCUT2D eigenvalue weighted by Crippen LogP contribution is 2.39. The number of aryl methyl sites for hydroxylation is 2. The summed E-state index contributed by atoms with van der Waals surface area (Å²) in [5, 5.41) is -0.497. The van der Waals surface area contributed by atoms with Crippen LogP contribution < -0.4 is 0 Å². The highest BCUT2D eigenvalue weighted by atomic mass is 32.2. The highest BCUT2D eigenvalue weighted by Gasteiger charge is 2.42. The molecule has 0 N–H and O–H groups in total. The third-order valence-corrected chi connectivity index (χ3v) is 4.29. The van der Waals surface area contributed by atoms with Crippen LogP contribution in [0.5, 0.6) is 0 Å². The minimum Gasteiger partial charge on any atom is -0.468 e. The first-order valence-corrected chi connectivity index (χ1v) is 8.07. The molecule has 0 unspecified atom stereocenters. The van der Waals surface area contributed by atoms with Crippen molar-refractivity contribution >= 4 is 16.9 Å². The van der Waals surface area contributed by atoms with Gasteiger partial charge in [0.15, 0.2) is 5.12 Å². The summed E-state index contributed by atoms with van der Waals surface area (Å²) in [6, 6.07) is 8.16. The van der Waals surface area contributed by atoms with Crippen molar-refractivity contribution in [3.05, 3.63) is 59.0 Å². The van der Waals surface area contributed by atoms with Gasteiger partial charge in [-0.25, -0.2) is 0 Å². The van der Waals surface area contributed by atoms with Crippen molar-refractivity contribution in [3.8, 4) is 0 Å². The van der Waals surface area contributed by atoms with Crippen LogP contribution in [0.3, 0.4) is 0 Å². The monoisotopic (exact) mass is 342 g/mol. The van der Waals surface area contributed by atoms with Crippen LogP contribution >= 0.6 is 11.8 Å². The van der Waals surface area contributed by atoms with Gasteiger partial charge < -0.3 is 4.42 Å². The minimum atomic E-state index is -4.46. The fraction of sp³-hybridized carbons (Fsp3) is 0.353. The van der Waals surface area contributed by atoms with Gasteiger partial charge in [-0.1, -0.05) is 41.1 Å². The molecule has 0 aliphatic carbocycles. The molecule has 1 heterocycles. The van der Waals surface area contributed by atoms with Crippen molar-refractivity contribution in [1.82, 2.24) is 0 Å². The molecule has 1 atom stereocenters. The molecule has 0 bridgehead atoms. The van der Waals surface area contributed by atoms with Gasteiger partial charge in [-0.15, -0.1) is 0 Å². The molecular weight excluding hydrogens is 325 g/mol. The molecule has 2 rings (SSSR count). The lowest BCUT2D eigenvalue weighted by Gasteiger charge is -2.21. The van der Waals surface area contributed by atoms with Crippen molar-refractivity contribution in [2.45, 2.75) is 38.1 Å². The predicted molar refractivity (Wildman–Crippen MR) is 84.3 cm³/mol. The van der Waals surface area contributed by atoms with E-state index in [0.29, 0.717) is 5.76 Å². The molecule has 0 saturated carbocycles. The summed E-state index contributed by atoms with van der Waals surface area (Å²) in [7, 11) is 0. The molecule has 0 saturated heterocycles. The largest absolute Gasteiger partial charge is 0.468 e. The zero-order valence-electron chi connectivity index (χ0n) is 12.8. The summed E-state index contributed by atoms with van der Waals surface area (Å²) >= 11 is 0.849. The second-order valence-electron chi connectivity index (χ2n) is 5.46. The fourth-order valence-electron chi connectivity index (χ4n) is 2.41. The molecule has 0 fully saturated rings.